The molecule has 1 saturated heterocycles. The summed E-state index contributed by atoms with van der Waals surface area (Å²) in [6.45, 7) is 2.96. The highest BCUT2D eigenvalue weighted by Gasteiger charge is 2.22. The number of thiazole rings is 1. The molecular weight excluding hydrogens is 382 g/mol. The lowest BCUT2D eigenvalue weighted by Crippen LogP contribution is -2.44. The van der Waals surface area contributed by atoms with Crippen molar-refractivity contribution in [2.24, 2.45) is 0 Å². The first-order valence-corrected chi connectivity index (χ1v) is 10.8. The maximum absolute atomic E-state index is 12.6. The quantitative estimate of drug-likeness (QED) is 0.665. The molecule has 1 aliphatic heterocycles. The second kappa shape index (κ2) is 9.20. The zero-order valence-corrected chi connectivity index (χ0v) is 17.3. The van der Waals surface area contributed by atoms with E-state index in [1.54, 1.807) is 7.11 Å². The smallest absolute Gasteiger partial charge is 0.270 e. The van der Waals surface area contributed by atoms with E-state index in [1.165, 1.54) is 16.9 Å². The molecule has 0 saturated carbocycles. The Hall–Kier alpha value is -2.70. The fourth-order valence-corrected chi connectivity index (χ4v) is 4.39. The Balaban J connectivity index is 1.29. The van der Waals surface area contributed by atoms with Gasteiger partial charge in [-0.15, -0.1) is 11.3 Å². The maximum Gasteiger partial charge on any atom is 0.270 e. The first-order chi connectivity index (χ1) is 14.2. The third kappa shape index (κ3) is 5.02. The molecule has 0 spiro atoms. The summed E-state index contributed by atoms with van der Waals surface area (Å²) in [6, 6.07) is 18.5. The predicted molar refractivity (Wildman–Crippen MR) is 116 cm³/mol. The van der Waals surface area contributed by atoms with Crippen LogP contribution in [0, 0.1) is 0 Å². The topological polar surface area (TPSA) is 54.5 Å². The lowest BCUT2D eigenvalue weighted by molar-refractivity contribution is 0.0904. The number of rotatable bonds is 6. The molecule has 1 N–H and O–H groups in total. The number of carbonyl (C=O) groups is 1. The zero-order chi connectivity index (χ0) is 20.1. The zero-order valence-electron chi connectivity index (χ0n) is 16.5. The van der Waals surface area contributed by atoms with Crippen LogP contribution in [0.5, 0.6) is 5.75 Å². The highest BCUT2D eigenvalue weighted by molar-refractivity contribution is 7.13. The van der Waals surface area contributed by atoms with Crippen molar-refractivity contribution in [3.8, 4) is 16.3 Å². The van der Waals surface area contributed by atoms with Crippen molar-refractivity contribution in [1.82, 2.24) is 15.2 Å². The van der Waals surface area contributed by atoms with E-state index in [9.17, 15) is 4.79 Å². The van der Waals surface area contributed by atoms with Crippen LogP contribution in [0.4, 0.5) is 0 Å². The van der Waals surface area contributed by atoms with Crippen molar-refractivity contribution in [3.05, 3.63) is 71.2 Å². The Morgan fingerprint density at radius 1 is 1.14 bits per heavy atom. The number of piperidine rings is 1. The van der Waals surface area contributed by atoms with Crippen molar-refractivity contribution < 1.29 is 9.53 Å². The van der Waals surface area contributed by atoms with Gasteiger partial charge in [0.1, 0.15) is 16.5 Å². The van der Waals surface area contributed by atoms with Gasteiger partial charge in [0.25, 0.3) is 5.91 Å². The van der Waals surface area contributed by atoms with Crippen molar-refractivity contribution in [2.75, 3.05) is 20.2 Å². The number of likely N-dealkylation sites (tertiary alicyclic amines) is 1. The standard InChI is InChI=1S/C23H25N3O2S/c1-28-20-9-7-18(8-10-20)23-25-21(16-29-23)22(27)24-19-11-13-26(14-12-19)15-17-5-3-2-4-6-17/h2-10,16,19H,11-15H2,1H3,(H,24,27). The number of nitrogens with one attached hydrogen (secondary N) is 1. The second-order valence-electron chi connectivity index (χ2n) is 7.28. The second-order valence-corrected chi connectivity index (χ2v) is 8.13. The van der Waals surface area contributed by atoms with E-state index >= 15 is 0 Å². The minimum atomic E-state index is -0.0810. The Morgan fingerprint density at radius 3 is 2.55 bits per heavy atom. The van der Waals surface area contributed by atoms with Gasteiger partial charge in [-0.2, -0.15) is 0 Å². The first kappa shape index (κ1) is 19.6. The Kier molecular flexibility index (Phi) is 6.22. The monoisotopic (exact) mass is 407 g/mol. The molecule has 0 atom stereocenters. The molecule has 150 valence electrons. The summed E-state index contributed by atoms with van der Waals surface area (Å²) >= 11 is 1.49. The van der Waals surface area contributed by atoms with Gasteiger partial charge in [-0.3, -0.25) is 9.69 Å². The van der Waals surface area contributed by atoms with Crippen molar-refractivity contribution in [2.45, 2.75) is 25.4 Å². The molecule has 0 aliphatic carbocycles. The van der Waals surface area contributed by atoms with Gasteiger partial charge in [0.15, 0.2) is 0 Å². The fraction of sp³-hybridized carbons (Fsp3) is 0.304. The molecule has 1 aromatic heterocycles. The molecule has 4 rings (SSSR count). The van der Waals surface area contributed by atoms with Gasteiger partial charge in [0.2, 0.25) is 0 Å². The number of nitrogens with zero attached hydrogens (tertiary/aromatic N) is 2. The molecule has 6 heteroatoms. The highest BCUT2D eigenvalue weighted by atomic mass is 32.1. The fourth-order valence-electron chi connectivity index (χ4n) is 3.58. The van der Waals surface area contributed by atoms with Crippen LogP contribution in [-0.4, -0.2) is 42.0 Å². The number of amides is 1. The minimum absolute atomic E-state index is 0.0810. The van der Waals surface area contributed by atoms with Gasteiger partial charge in [0.05, 0.1) is 7.11 Å². The molecular formula is C23H25N3O2S. The molecule has 29 heavy (non-hydrogen) atoms. The predicted octanol–water partition coefficient (Wildman–Crippen LogP) is 4.21. The van der Waals surface area contributed by atoms with E-state index in [4.69, 9.17) is 4.74 Å². The van der Waals surface area contributed by atoms with Crippen LogP contribution in [0.25, 0.3) is 10.6 Å². The van der Waals surface area contributed by atoms with Crippen LogP contribution >= 0.6 is 11.3 Å². The number of aromatic nitrogens is 1. The molecule has 0 radical (unpaired) electrons. The average molecular weight is 408 g/mol. The number of benzene rings is 2. The van der Waals surface area contributed by atoms with Gasteiger partial charge in [-0.25, -0.2) is 4.98 Å². The van der Waals surface area contributed by atoms with Crippen LogP contribution in [0.15, 0.2) is 60.0 Å². The third-order valence-corrected chi connectivity index (χ3v) is 6.14. The Labute approximate surface area is 175 Å². The van der Waals surface area contributed by atoms with E-state index in [-0.39, 0.29) is 11.9 Å². The van der Waals surface area contributed by atoms with E-state index in [1.807, 2.05) is 35.7 Å². The van der Waals surface area contributed by atoms with Crippen LogP contribution in [-0.2, 0) is 6.54 Å². The molecule has 3 aromatic rings. The van der Waals surface area contributed by atoms with E-state index in [0.717, 1.165) is 48.8 Å². The lowest BCUT2D eigenvalue weighted by atomic mass is 10.0. The largest absolute Gasteiger partial charge is 0.497 e. The number of ether oxygens (including phenoxy) is 1. The molecule has 2 aromatic carbocycles. The summed E-state index contributed by atoms with van der Waals surface area (Å²) in [5.74, 6) is 0.726. The Bertz CT molecular complexity index is 932. The van der Waals surface area contributed by atoms with Crippen molar-refractivity contribution in [1.29, 1.82) is 0 Å². The minimum Gasteiger partial charge on any atom is -0.497 e. The molecule has 0 unspecified atom stereocenters. The number of hydrogen-bond acceptors (Lipinski definition) is 5. The van der Waals surface area contributed by atoms with E-state index in [0.29, 0.717) is 5.69 Å². The normalized spacial score (nSPS) is 15.2. The van der Waals surface area contributed by atoms with Crippen molar-refractivity contribution >= 4 is 17.2 Å². The first-order valence-electron chi connectivity index (χ1n) is 9.88. The van der Waals surface area contributed by atoms with Gasteiger partial charge in [0, 0.05) is 36.6 Å². The summed E-state index contributed by atoms with van der Waals surface area (Å²) in [7, 11) is 1.65. The van der Waals surface area contributed by atoms with Crippen LogP contribution in [0.1, 0.15) is 28.9 Å². The molecule has 2 heterocycles. The van der Waals surface area contributed by atoms with Crippen LogP contribution < -0.4 is 10.1 Å². The van der Waals surface area contributed by atoms with Crippen molar-refractivity contribution in [3.63, 3.8) is 0 Å². The summed E-state index contributed by atoms with van der Waals surface area (Å²) in [4.78, 5) is 19.6. The summed E-state index contributed by atoms with van der Waals surface area (Å²) < 4.78 is 5.19. The molecule has 5 nitrogen and oxygen atoms in total. The lowest BCUT2D eigenvalue weighted by Gasteiger charge is -2.32. The number of methoxy groups -OCH3 is 1. The summed E-state index contributed by atoms with van der Waals surface area (Å²) in [6.07, 6.45) is 1.93. The van der Waals surface area contributed by atoms with Crippen LogP contribution in [0.2, 0.25) is 0 Å². The third-order valence-electron chi connectivity index (χ3n) is 5.25. The number of hydrogen-bond donors (Lipinski definition) is 1. The summed E-state index contributed by atoms with van der Waals surface area (Å²) in [5, 5.41) is 5.84. The maximum atomic E-state index is 12.6. The number of carbonyl (C=O) groups excluding carboxylic acids is 1. The van der Waals surface area contributed by atoms with Crippen LogP contribution in [0.3, 0.4) is 0 Å². The molecule has 1 amide bonds. The van der Waals surface area contributed by atoms with Gasteiger partial charge >= 0.3 is 0 Å². The average Bonchev–Trinajstić information content (AvgIpc) is 3.26. The van der Waals surface area contributed by atoms with Gasteiger partial charge in [-0.1, -0.05) is 30.3 Å². The Morgan fingerprint density at radius 2 is 1.86 bits per heavy atom. The molecule has 1 aliphatic rings. The summed E-state index contributed by atoms with van der Waals surface area (Å²) in [5.41, 5.74) is 2.82. The highest BCUT2D eigenvalue weighted by Crippen LogP contribution is 2.26. The molecule has 0 bridgehead atoms. The van der Waals surface area contributed by atoms with Gasteiger partial charge < -0.3 is 10.1 Å². The van der Waals surface area contributed by atoms with Gasteiger partial charge in [-0.05, 0) is 42.7 Å². The van der Waals surface area contributed by atoms with E-state index < -0.39 is 0 Å². The SMILES string of the molecule is COc1ccc(-c2nc(C(=O)NC3CCN(Cc4ccccc4)CC3)cs2)cc1. The molecule has 1 fully saturated rings. The van der Waals surface area contributed by atoms with E-state index in [2.05, 4.69) is 39.5 Å².